The fourth-order valence-corrected chi connectivity index (χ4v) is 17.9. The van der Waals surface area contributed by atoms with Crippen molar-refractivity contribution in [2.45, 2.75) is 125 Å². The summed E-state index contributed by atoms with van der Waals surface area (Å²) >= 11 is 0. The van der Waals surface area contributed by atoms with E-state index in [1.54, 1.807) is 264 Å². The molecule has 0 fully saturated rings. The molecule has 24 heteroatoms. The van der Waals surface area contributed by atoms with E-state index in [1.807, 2.05) is 0 Å². The third-order valence-electron chi connectivity index (χ3n) is 26.9. The first-order valence-corrected chi connectivity index (χ1v) is 43.8. The molecule has 0 aliphatic heterocycles. The van der Waals surface area contributed by atoms with Crippen LogP contribution >= 0.6 is 0 Å². The Balaban J connectivity index is 0.000000140. The monoisotopic (exact) mass is 1860 g/mol. The molecule has 24 nitrogen and oxygen atoms in total. The summed E-state index contributed by atoms with van der Waals surface area (Å²) in [5.41, 5.74) is 15.7. The van der Waals surface area contributed by atoms with Crippen molar-refractivity contribution in [2.24, 2.45) is 0 Å². The quantitative estimate of drug-likeness (QED) is 0.0688. The fourth-order valence-electron chi connectivity index (χ4n) is 17.9. The van der Waals surface area contributed by atoms with Crippen molar-refractivity contribution in [1.29, 1.82) is 0 Å². The molecule has 138 heavy (non-hydrogen) atoms. The number of phenols is 24. The minimum atomic E-state index is -0.0422. The number of benzene rings is 18. The molecule has 0 aliphatic carbocycles. The first kappa shape index (κ1) is 98.2. The smallest absolute Gasteiger partial charge is 0.131 e. The van der Waals surface area contributed by atoms with Gasteiger partial charge in [-0.25, -0.2) is 0 Å². The average molecular weight is 1860 g/mol. The van der Waals surface area contributed by atoms with Crippen LogP contribution < -0.4 is 0 Å². The SMILES string of the molecule is Cc1c(C)c(O)c(-c2c(O)ccc3ccc(O)cc23)c(C)c1O.Cc1c(C)c(O)c(-c2cc3ccc(O)cc3cc2O)c(C)c1O.Cc1c(C)c(O)c(-c2ccc(O)c3ccc(O)cc23)c(C)c1O.Cc1c(C)c(O)c(-c2ccc(O)c3cccc(O)c23)c(C)c1O.Cc1c(C)c(O)c(-c2ccc3c(O)cccc3c2O)c(C)c1O.Cc1c(C)c(O)c(-c2ccc3cc(O)ccc3c2O)c(C)c1O. The highest BCUT2D eigenvalue weighted by Crippen LogP contribution is 2.56. The van der Waals surface area contributed by atoms with E-state index in [-0.39, 0.29) is 138 Å². The van der Waals surface area contributed by atoms with Crippen molar-refractivity contribution in [3.63, 3.8) is 0 Å². The van der Waals surface area contributed by atoms with E-state index in [9.17, 15) is 123 Å². The number of aromatic hydroxyl groups is 24. The van der Waals surface area contributed by atoms with Crippen LogP contribution in [0.5, 0.6) is 138 Å². The molecule has 18 rings (SSSR count). The third-order valence-corrected chi connectivity index (χ3v) is 26.9. The van der Waals surface area contributed by atoms with E-state index >= 15 is 0 Å². The van der Waals surface area contributed by atoms with Crippen LogP contribution in [0.3, 0.4) is 0 Å². The summed E-state index contributed by atoms with van der Waals surface area (Å²) in [6.45, 7) is 31.1. The Bertz CT molecular complexity index is 7800. The second-order valence-electron chi connectivity index (χ2n) is 34.8. The van der Waals surface area contributed by atoms with Gasteiger partial charge in [-0.3, -0.25) is 0 Å². The molecule has 0 saturated heterocycles. The Morgan fingerprint density at radius 3 is 0.891 bits per heavy atom. The topological polar surface area (TPSA) is 486 Å². The van der Waals surface area contributed by atoms with Crippen LogP contribution in [0, 0.1) is 125 Å². The van der Waals surface area contributed by atoms with Crippen LogP contribution in [-0.2, 0) is 0 Å². The van der Waals surface area contributed by atoms with Crippen LogP contribution in [0.4, 0.5) is 0 Å². The average Bonchev–Trinajstić information content (AvgIpc) is 0.755. The Labute approximate surface area is 794 Å². The molecule has 18 aromatic rings. The van der Waals surface area contributed by atoms with Gasteiger partial charge in [0.25, 0.3) is 0 Å². The van der Waals surface area contributed by atoms with Gasteiger partial charge in [0.1, 0.15) is 138 Å². The summed E-state index contributed by atoms with van der Waals surface area (Å²) in [7, 11) is 0. The Morgan fingerprint density at radius 1 is 0.130 bits per heavy atom. The molecule has 24 N–H and O–H groups in total. The zero-order chi connectivity index (χ0) is 101. The molecule has 708 valence electrons. The molecule has 0 amide bonds. The van der Waals surface area contributed by atoms with Crippen molar-refractivity contribution in [3.8, 4) is 205 Å². The van der Waals surface area contributed by atoms with E-state index in [0.717, 1.165) is 10.8 Å². The highest BCUT2D eigenvalue weighted by atomic mass is 16.3. The van der Waals surface area contributed by atoms with Crippen molar-refractivity contribution in [2.75, 3.05) is 0 Å². The van der Waals surface area contributed by atoms with Crippen LogP contribution in [0.2, 0.25) is 0 Å². The lowest BCUT2D eigenvalue weighted by molar-refractivity contribution is 0.449. The zero-order valence-electron chi connectivity index (χ0n) is 79.1. The minimum absolute atomic E-state index is 0.00329. The predicted octanol–water partition coefficient (Wildman–Crippen LogP) is 25.5. The molecule has 0 aliphatic rings. The summed E-state index contributed by atoms with van der Waals surface area (Å²) in [5, 5.41) is 253. The molecule has 0 atom stereocenters. The molecule has 0 spiro atoms. The summed E-state index contributed by atoms with van der Waals surface area (Å²) in [6.07, 6.45) is 0. The van der Waals surface area contributed by atoms with Gasteiger partial charge in [0.05, 0.1) is 0 Å². The van der Waals surface area contributed by atoms with Gasteiger partial charge >= 0.3 is 0 Å². The van der Waals surface area contributed by atoms with Crippen LogP contribution in [0.25, 0.3) is 131 Å². The molecule has 18 aromatic carbocycles. The maximum Gasteiger partial charge on any atom is 0.131 e. The van der Waals surface area contributed by atoms with Crippen molar-refractivity contribution in [3.05, 3.63) is 282 Å². The highest BCUT2D eigenvalue weighted by Gasteiger charge is 2.30. The van der Waals surface area contributed by atoms with Gasteiger partial charge in [0, 0.05) is 121 Å². The lowest BCUT2D eigenvalue weighted by Crippen LogP contribution is -1.94. The first-order valence-electron chi connectivity index (χ1n) is 43.8. The third kappa shape index (κ3) is 17.4. The van der Waals surface area contributed by atoms with Crippen molar-refractivity contribution in [1.82, 2.24) is 0 Å². The van der Waals surface area contributed by atoms with Gasteiger partial charge in [-0.05, 0) is 368 Å². The molecular weight excluding hydrogens is 1750 g/mol. The minimum Gasteiger partial charge on any atom is -0.508 e. The number of rotatable bonds is 6. The molecule has 0 radical (unpaired) electrons. The van der Waals surface area contributed by atoms with Gasteiger partial charge in [-0.1, -0.05) is 48.5 Å². The normalized spacial score (nSPS) is 11.1. The fraction of sp³-hybridized carbons (Fsp3) is 0.158. The summed E-state index contributed by atoms with van der Waals surface area (Å²) in [4.78, 5) is 0. The maximum atomic E-state index is 10.6. The lowest BCUT2D eigenvalue weighted by atomic mass is 9.89. The van der Waals surface area contributed by atoms with Gasteiger partial charge in [0.2, 0.25) is 0 Å². The van der Waals surface area contributed by atoms with Crippen molar-refractivity contribution < 1.29 is 123 Å². The number of phenolic OH excluding ortho intramolecular Hbond substituents is 24. The van der Waals surface area contributed by atoms with E-state index in [2.05, 4.69) is 0 Å². The van der Waals surface area contributed by atoms with E-state index in [1.165, 1.54) is 42.5 Å². The van der Waals surface area contributed by atoms with Gasteiger partial charge in [0.15, 0.2) is 0 Å². The van der Waals surface area contributed by atoms with E-state index in [4.69, 9.17) is 0 Å². The molecule has 0 aromatic heterocycles. The largest absolute Gasteiger partial charge is 0.508 e. The molecular formula is C114H108O24. The summed E-state index contributed by atoms with van der Waals surface area (Å²) < 4.78 is 0. The summed E-state index contributed by atoms with van der Waals surface area (Å²) in [5.74, 6) is 1.47. The number of hydrogen-bond donors (Lipinski definition) is 24. The highest BCUT2D eigenvalue weighted by molar-refractivity contribution is 6.08. The standard InChI is InChI=1S/6C19H18O4/c1-9-10(2)18(22)16(11(3)17(9)21)15-6-4-12-8-13(20)5-7-14(12)19(15)23;1-9-10(2)19(23)16(11(3)18(9)22)17-14-8-13(20)6-4-12(14)5-7-15(17)21;1-9-10(2)19(23)17(11(3)18(9)22)15-7-12-4-5-14(20)6-13(12)8-16(15)21;1-9-10(2)19(23)17(11(3)18(9)22)14-6-7-16(21)13-5-4-12(20)8-15(13)14;1-9-10(2)18(22)16(11(3)17(9)21)14-8-7-12-13(19(14)23)5-4-6-15(12)20;1-9-10(2)19(23)16(11(3)18(9)22)13-7-8-14(20)12-5-4-6-15(21)17(12)13/h6*4-8,20-23H,1-3H3. The van der Waals surface area contributed by atoms with Crippen LogP contribution in [0.15, 0.2) is 182 Å². The van der Waals surface area contributed by atoms with Crippen molar-refractivity contribution >= 4 is 64.6 Å². The Hall–Kier alpha value is -17.3. The lowest BCUT2D eigenvalue weighted by Gasteiger charge is -2.18. The number of fused-ring (bicyclic) bond motifs is 6. The van der Waals surface area contributed by atoms with Crippen LogP contribution in [-0.4, -0.2) is 123 Å². The second-order valence-corrected chi connectivity index (χ2v) is 34.8. The van der Waals surface area contributed by atoms with Gasteiger partial charge in [-0.2, -0.15) is 0 Å². The van der Waals surface area contributed by atoms with Crippen LogP contribution in [0.1, 0.15) is 100 Å². The Morgan fingerprint density at radius 2 is 0.420 bits per heavy atom. The second kappa shape index (κ2) is 38.0. The molecule has 0 unspecified atom stereocenters. The molecule has 0 bridgehead atoms. The van der Waals surface area contributed by atoms with E-state index in [0.29, 0.717) is 221 Å². The van der Waals surface area contributed by atoms with Gasteiger partial charge in [-0.15, -0.1) is 0 Å². The Kier molecular flexibility index (Phi) is 27.0. The first-order chi connectivity index (χ1) is 65.0. The van der Waals surface area contributed by atoms with Gasteiger partial charge < -0.3 is 123 Å². The molecule has 0 heterocycles. The maximum absolute atomic E-state index is 10.6. The molecule has 0 saturated carbocycles. The zero-order valence-corrected chi connectivity index (χ0v) is 79.1. The summed E-state index contributed by atoms with van der Waals surface area (Å²) in [6, 6.07) is 48.5. The van der Waals surface area contributed by atoms with E-state index < -0.39 is 0 Å². The number of hydrogen-bond acceptors (Lipinski definition) is 24. The predicted molar refractivity (Wildman–Crippen MR) is 542 cm³/mol.